The van der Waals surface area contributed by atoms with Crippen LogP contribution in [0.1, 0.15) is 38.3 Å². The zero-order valence-corrected chi connectivity index (χ0v) is 14.4. The maximum absolute atomic E-state index is 13.9. The van der Waals surface area contributed by atoms with Crippen LogP contribution in [0.2, 0.25) is 0 Å². The number of carbonyl (C=O) groups is 1. The molecule has 3 atom stereocenters. The van der Waals surface area contributed by atoms with E-state index in [1.807, 2.05) is 6.92 Å². The van der Waals surface area contributed by atoms with Crippen LogP contribution in [0.3, 0.4) is 0 Å². The highest BCUT2D eigenvalue weighted by atomic mass is 32.2. The average molecular weight is 342 g/mol. The molecule has 0 aromatic heterocycles. The number of hydrogen-bond donors (Lipinski definition) is 2. The van der Waals surface area contributed by atoms with Crippen molar-refractivity contribution in [1.82, 2.24) is 10.6 Å². The molecule has 1 fully saturated rings. The molecule has 1 heterocycles. The molecule has 0 spiro atoms. The Balaban J connectivity index is 2.07. The predicted molar refractivity (Wildman–Crippen MR) is 86.3 cm³/mol. The Morgan fingerprint density at radius 3 is 2.70 bits per heavy atom. The summed E-state index contributed by atoms with van der Waals surface area (Å²) in [4.78, 5) is 12.0. The van der Waals surface area contributed by atoms with Crippen molar-refractivity contribution in [2.45, 2.75) is 43.7 Å². The number of nitrogens with one attached hydrogen (secondary N) is 2. The molecule has 1 aliphatic heterocycles. The van der Waals surface area contributed by atoms with E-state index in [0.29, 0.717) is 11.6 Å². The summed E-state index contributed by atoms with van der Waals surface area (Å²) in [7, 11) is -3.59. The van der Waals surface area contributed by atoms with Crippen LogP contribution in [0.25, 0.3) is 0 Å². The Bertz CT molecular complexity index is 691. The fraction of sp³-hybridized carbons (Fsp3) is 0.562. The number of amides is 1. The highest BCUT2D eigenvalue weighted by Gasteiger charge is 2.26. The summed E-state index contributed by atoms with van der Waals surface area (Å²) in [5.74, 6) is -0.881. The molecule has 5 nitrogen and oxygen atoms in total. The molecule has 0 aliphatic carbocycles. The summed E-state index contributed by atoms with van der Waals surface area (Å²) >= 11 is 0. The Kier molecular flexibility index (Phi) is 5.41. The molecule has 23 heavy (non-hydrogen) atoms. The van der Waals surface area contributed by atoms with Crippen molar-refractivity contribution >= 4 is 15.7 Å². The molecule has 128 valence electrons. The Hall–Kier alpha value is -1.47. The molecule has 7 heteroatoms. The van der Waals surface area contributed by atoms with Crippen molar-refractivity contribution in [3.05, 3.63) is 29.6 Å². The number of sulfone groups is 1. The van der Waals surface area contributed by atoms with Crippen molar-refractivity contribution in [2.75, 3.05) is 12.8 Å². The van der Waals surface area contributed by atoms with Crippen molar-refractivity contribution < 1.29 is 17.6 Å². The maximum Gasteiger partial charge on any atom is 0.223 e. The number of piperidine rings is 1. The Labute approximate surface area is 136 Å². The summed E-state index contributed by atoms with van der Waals surface area (Å²) in [5, 5.41) is 6.18. The zero-order chi connectivity index (χ0) is 17.2. The largest absolute Gasteiger partial charge is 0.349 e. The topological polar surface area (TPSA) is 75.3 Å². The number of rotatable bonds is 4. The van der Waals surface area contributed by atoms with E-state index in [2.05, 4.69) is 10.6 Å². The minimum Gasteiger partial charge on any atom is -0.349 e. The molecule has 2 rings (SSSR count). The number of carbonyl (C=O) groups excluding carboxylic acids is 1. The third kappa shape index (κ3) is 4.51. The van der Waals surface area contributed by atoms with Gasteiger partial charge in [-0.25, -0.2) is 12.8 Å². The number of halogens is 1. The Morgan fingerprint density at radius 1 is 1.43 bits per heavy atom. The van der Waals surface area contributed by atoms with Gasteiger partial charge >= 0.3 is 0 Å². The summed E-state index contributed by atoms with van der Waals surface area (Å²) in [6, 6.07) is 3.88. The normalized spacial score (nSPS) is 23.3. The van der Waals surface area contributed by atoms with E-state index in [9.17, 15) is 17.6 Å². The zero-order valence-electron chi connectivity index (χ0n) is 13.6. The molecule has 1 aromatic rings. The fourth-order valence-electron chi connectivity index (χ4n) is 2.87. The van der Waals surface area contributed by atoms with Gasteiger partial charge in [0.25, 0.3) is 0 Å². The van der Waals surface area contributed by atoms with Gasteiger partial charge in [-0.3, -0.25) is 4.79 Å². The van der Waals surface area contributed by atoms with Gasteiger partial charge in [-0.2, -0.15) is 0 Å². The molecule has 0 saturated carbocycles. The van der Waals surface area contributed by atoms with Crippen LogP contribution in [-0.2, 0) is 14.6 Å². The summed E-state index contributed by atoms with van der Waals surface area (Å²) < 4.78 is 36.8. The van der Waals surface area contributed by atoms with Crippen molar-refractivity contribution in [3.8, 4) is 0 Å². The van der Waals surface area contributed by atoms with E-state index >= 15 is 0 Å². The lowest BCUT2D eigenvalue weighted by Gasteiger charge is -2.28. The standard InChI is InChI=1S/C16H23FN2O3S/c1-10-8-13(6-7-18-10)16(20)19-11(2)12-4-5-15(14(17)9-12)23(3,21)22/h4-5,9-11,13,18H,6-8H2,1-3H3,(H,19,20)/t10-,11?,13-/m0/s1. The SMILES string of the molecule is CC(NC(=O)[C@H]1CCN[C@@H](C)C1)c1ccc(S(C)(=O)=O)c(F)c1. The van der Waals surface area contributed by atoms with Crippen molar-refractivity contribution in [2.24, 2.45) is 5.92 Å². The van der Waals surface area contributed by atoms with E-state index < -0.39 is 15.7 Å². The lowest BCUT2D eigenvalue weighted by Crippen LogP contribution is -2.42. The first-order chi connectivity index (χ1) is 10.7. The van der Waals surface area contributed by atoms with Crippen LogP contribution in [0.15, 0.2) is 23.1 Å². The third-order valence-corrected chi connectivity index (χ3v) is 5.34. The average Bonchev–Trinajstić information content (AvgIpc) is 2.45. The van der Waals surface area contributed by atoms with Gasteiger partial charge in [0.05, 0.1) is 6.04 Å². The molecule has 1 unspecified atom stereocenters. The maximum atomic E-state index is 13.9. The number of benzene rings is 1. The van der Waals surface area contributed by atoms with Crippen molar-refractivity contribution in [1.29, 1.82) is 0 Å². The molecule has 0 bridgehead atoms. The molecule has 1 saturated heterocycles. The Morgan fingerprint density at radius 2 is 2.13 bits per heavy atom. The highest BCUT2D eigenvalue weighted by Crippen LogP contribution is 2.22. The smallest absolute Gasteiger partial charge is 0.223 e. The lowest BCUT2D eigenvalue weighted by atomic mass is 9.92. The molecule has 1 aliphatic rings. The van der Waals surface area contributed by atoms with E-state index in [-0.39, 0.29) is 22.8 Å². The first kappa shape index (κ1) is 17.9. The van der Waals surface area contributed by atoms with E-state index in [1.165, 1.54) is 18.2 Å². The molecular formula is C16H23FN2O3S. The van der Waals surface area contributed by atoms with E-state index in [0.717, 1.165) is 25.6 Å². The van der Waals surface area contributed by atoms with Crippen LogP contribution >= 0.6 is 0 Å². The van der Waals surface area contributed by atoms with Crippen LogP contribution in [-0.4, -0.2) is 33.2 Å². The van der Waals surface area contributed by atoms with Gasteiger partial charge in [0.1, 0.15) is 10.7 Å². The molecular weight excluding hydrogens is 319 g/mol. The highest BCUT2D eigenvalue weighted by molar-refractivity contribution is 7.90. The molecule has 1 aromatic carbocycles. The van der Waals surface area contributed by atoms with Crippen molar-refractivity contribution in [3.63, 3.8) is 0 Å². The number of hydrogen-bond acceptors (Lipinski definition) is 4. The fourth-order valence-corrected chi connectivity index (χ4v) is 3.60. The molecule has 2 N–H and O–H groups in total. The summed E-state index contributed by atoms with van der Waals surface area (Å²) in [6.45, 7) is 4.62. The first-order valence-electron chi connectivity index (χ1n) is 7.71. The quantitative estimate of drug-likeness (QED) is 0.875. The van der Waals surface area contributed by atoms with Gasteiger partial charge in [0.2, 0.25) is 5.91 Å². The first-order valence-corrected chi connectivity index (χ1v) is 9.61. The van der Waals surface area contributed by atoms with Crippen LogP contribution in [0.4, 0.5) is 4.39 Å². The van der Waals surface area contributed by atoms with Crippen LogP contribution in [0, 0.1) is 11.7 Å². The minimum absolute atomic E-state index is 0.0431. The third-order valence-electron chi connectivity index (χ3n) is 4.21. The van der Waals surface area contributed by atoms with Gasteiger partial charge in [-0.1, -0.05) is 6.07 Å². The molecule has 0 radical (unpaired) electrons. The van der Waals surface area contributed by atoms with Crippen LogP contribution < -0.4 is 10.6 Å². The molecule has 1 amide bonds. The summed E-state index contributed by atoms with van der Waals surface area (Å²) in [6.07, 6.45) is 2.53. The van der Waals surface area contributed by atoms with Crippen LogP contribution in [0.5, 0.6) is 0 Å². The van der Waals surface area contributed by atoms with Gasteiger partial charge in [0, 0.05) is 18.2 Å². The van der Waals surface area contributed by atoms with Gasteiger partial charge in [0.15, 0.2) is 9.84 Å². The second kappa shape index (κ2) is 6.97. The van der Waals surface area contributed by atoms with Gasteiger partial charge in [-0.15, -0.1) is 0 Å². The van der Waals surface area contributed by atoms with Gasteiger partial charge < -0.3 is 10.6 Å². The predicted octanol–water partition coefficient (Wildman–Crippen LogP) is 1.79. The monoisotopic (exact) mass is 342 g/mol. The lowest BCUT2D eigenvalue weighted by molar-refractivity contribution is -0.126. The second-order valence-electron chi connectivity index (χ2n) is 6.27. The second-order valence-corrected chi connectivity index (χ2v) is 8.25. The summed E-state index contributed by atoms with van der Waals surface area (Å²) in [5.41, 5.74) is 0.547. The van der Waals surface area contributed by atoms with E-state index in [1.54, 1.807) is 6.92 Å². The van der Waals surface area contributed by atoms with E-state index in [4.69, 9.17) is 0 Å². The van der Waals surface area contributed by atoms with Gasteiger partial charge in [-0.05, 0) is 50.9 Å². The minimum atomic E-state index is -3.59.